The molecule has 0 saturated carbocycles. The van der Waals surface area contributed by atoms with Gasteiger partial charge in [-0.2, -0.15) is 0 Å². The number of unbranched alkanes of at least 4 members (excludes halogenated alkanes) is 5. The number of halogens is 1. The van der Waals surface area contributed by atoms with E-state index in [1.54, 1.807) is 12.1 Å². The maximum atomic E-state index is 13.3. The molecule has 0 saturated heterocycles. The molecule has 1 aromatic carbocycles. The van der Waals surface area contributed by atoms with Crippen molar-refractivity contribution in [1.82, 2.24) is 0 Å². The first-order valence-corrected chi connectivity index (χ1v) is 7.66. The highest BCUT2D eigenvalue weighted by molar-refractivity contribution is 5.26. The minimum absolute atomic E-state index is 0.151. The van der Waals surface area contributed by atoms with Crippen molar-refractivity contribution in [3.05, 3.63) is 35.6 Å². The summed E-state index contributed by atoms with van der Waals surface area (Å²) in [7, 11) is 0. The Balaban J connectivity index is 2.58. The summed E-state index contributed by atoms with van der Waals surface area (Å²) in [5, 5.41) is 19.4. The molecule has 0 bridgehead atoms. The van der Waals surface area contributed by atoms with Crippen LogP contribution in [-0.4, -0.2) is 23.4 Å². The lowest BCUT2D eigenvalue weighted by atomic mass is 9.77. The summed E-state index contributed by atoms with van der Waals surface area (Å²) in [5.74, 6) is -0.322. The summed E-state index contributed by atoms with van der Waals surface area (Å²) in [6.45, 7) is 1.89. The fraction of sp³-hybridized carbons (Fsp3) is 0.647. The first kappa shape index (κ1) is 17.1. The zero-order chi connectivity index (χ0) is 14.8. The highest BCUT2D eigenvalue weighted by atomic mass is 19.1. The number of hydrogen-bond acceptors (Lipinski definition) is 2. The predicted molar refractivity (Wildman–Crippen MR) is 80.2 cm³/mol. The van der Waals surface area contributed by atoms with Crippen LogP contribution in [0.15, 0.2) is 24.3 Å². The van der Waals surface area contributed by atoms with Gasteiger partial charge in [0, 0.05) is 5.41 Å². The van der Waals surface area contributed by atoms with Crippen LogP contribution in [0.3, 0.4) is 0 Å². The Hall–Kier alpha value is -0.930. The van der Waals surface area contributed by atoms with E-state index >= 15 is 0 Å². The number of aliphatic hydroxyl groups excluding tert-OH is 2. The van der Waals surface area contributed by atoms with Crippen LogP contribution < -0.4 is 0 Å². The third-order valence-corrected chi connectivity index (χ3v) is 4.05. The van der Waals surface area contributed by atoms with Gasteiger partial charge in [0.2, 0.25) is 0 Å². The van der Waals surface area contributed by atoms with Gasteiger partial charge in [-0.25, -0.2) is 4.39 Å². The second-order valence-electron chi connectivity index (χ2n) is 5.62. The van der Waals surface area contributed by atoms with Gasteiger partial charge in [0.1, 0.15) is 5.82 Å². The van der Waals surface area contributed by atoms with E-state index in [1.807, 2.05) is 0 Å². The van der Waals surface area contributed by atoms with E-state index in [1.165, 1.54) is 37.8 Å². The van der Waals surface area contributed by atoms with E-state index in [4.69, 9.17) is 0 Å². The zero-order valence-electron chi connectivity index (χ0n) is 12.4. The molecule has 1 aromatic rings. The van der Waals surface area contributed by atoms with Crippen molar-refractivity contribution in [2.24, 2.45) is 0 Å². The minimum Gasteiger partial charge on any atom is -0.395 e. The van der Waals surface area contributed by atoms with Gasteiger partial charge >= 0.3 is 0 Å². The first-order valence-electron chi connectivity index (χ1n) is 7.66. The number of rotatable bonds is 10. The summed E-state index contributed by atoms with van der Waals surface area (Å²) >= 11 is 0. The Morgan fingerprint density at radius 2 is 1.65 bits per heavy atom. The van der Waals surface area contributed by atoms with Crippen molar-refractivity contribution in [3.63, 3.8) is 0 Å². The van der Waals surface area contributed by atoms with E-state index in [0.29, 0.717) is 12.0 Å². The van der Waals surface area contributed by atoms with Crippen molar-refractivity contribution in [2.75, 3.05) is 13.2 Å². The fourth-order valence-corrected chi connectivity index (χ4v) is 2.60. The van der Waals surface area contributed by atoms with Crippen molar-refractivity contribution >= 4 is 0 Å². The number of aliphatic hydroxyl groups is 2. The van der Waals surface area contributed by atoms with Crippen molar-refractivity contribution in [2.45, 2.75) is 57.3 Å². The molecule has 0 aliphatic heterocycles. The average Bonchev–Trinajstić information content (AvgIpc) is 2.47. The molecule has 1 rings (SSSR count). The molecule has 0 atom stereocenters. The maximum Gasteiger partial charge on any atom is 0.123 e. The van der Waals surface area contributed by atoms with Crippen LogP contribution in [0, 0.1) is 5.82 Å². The standard InChI is InChI=1S/C17H27FO2/c1-2-3-4-5-6-7-11-17(13-19,14-20)15-9-8-10-16(18)12-15/h8-10,12,19-20H,2-7,11,13-14H2,1H3. The summed E-state index contributed by atoms with van der Waals surface area (Å²) < 4.78 is 13.3. The molecule has 0 aliphatic rings. The van der Waals surface area contributed by atoms with Gasteiger partial charge in [-0.1, -0.05) is 57.6 Å². The summed E-state index contributed by atoms with van der Waals surface area (Å²) in [6, 6.07) is 6.22. The Labute approximate surface area is 121 Å². The van der Waals surface area contributed by atoms with E-state index in [-0.39, 0.29) is 19.0 Å². The van der Waals surface area contributed by atoms with Gasteiger partial charge in [0.25, 0.3) is 0 Å². The largest absolute Gasteiger partial charge is 0.395 e. The maximum absolute atomic E-state index is 13.3. The monoisotopic (exact) mass is 282 g/mol. The molecular weight excluding hydrogens is 255 g/mol. The van der Waals surface area contributed by atoms with E-state index in [0.717, 1.165) is 12.8 Å². The van der Waals surface area contributed by atoms with Gasteiger partial charge in [0.05, 0.1) is 13.2 Å². The van der Waals surface area contributed by atoms with Crippen LogP contribution in [0.5, 0.6) is 0 Å². The fourth-order valence-electron chi connectivity index (χ4n) is 2.60. The van der Waals surface area contributed by atoms with Crippen LogP contribution >= 0.6 is 0 Å². The molecule has 0 unspecified atom stereocenters. The Morgan fingerprint density at radius 3 is 2.25 bits per heavy atom. The number of hydrogen-bond donors (Lipinski definition) is 2. The van der Waals surface area contributed by atoms with E-state index in [2.05, 4.69) is 6.92 Å². The molecule has 0 fully saturated rings. The second kappa shape index (κ2) is 9.09. The van der Waals surface area contributed by atoms with E-state index < -0.39 is 5.41 Å². The van der Waals surface area contributed by atoms with Crippen LogP contribution in [0.4, 0.5) is 4.39 Å². The molecule has 0 aromatic heterocycles. The summed E-state index contributed by atoms with van der Waals surface area (Å²) in [4.78, 5) is 0. The molecule has 0 aliphatic carbocycles. The molecular formula is C17H27FO2. The van der Waals surface area contributed by atoms with Crippen LogP contribution in [0.1, 0.15) is 57.4 Å². The molecule has 3 heteroatoms. The highest BCUT2D eigenvalue weighted by Crippen LogP contribution is 2.30. The molecule has 20 heavy (non-hydrogen) atoms. The zero-order valence-corrected chi connectivity index (χ0v) is 12.4. The lowest BCUT2D eigenvalue weighted by Crippen LogP contribution is -2.35. The van der Waals surface area contributed by atoms with Crippen LogP contribution in [-0.2, 0) is 5.41 Å². The summed E-state index contributed by atoms with van der Waals surface area (Å²) in [5.41, 5.74) is -0.0246. The van der Waals surface area contributed by atoms with Gasteiger partial charge in [-0.15, -0.1) is 0 Å². The minimum atomic E-state index is -0.715. The molecule has 0 heterocycles. The van der Waals surface area contributed by atoms with Gasteiger partial charge < -0.3 is 10.2 Å². The molecule has 0 spiro atoms. The normalized spacial score (nSPS) is 11.8. The molecule has 0 amide bonds. The van der Waals surface area contributed by atoms with Gasteiger partial charge in [0.15, 0.2) is 0 Å². The predicted octanol–water partition coefficient (Wildman–Crippen LogP) is 3.80. The van der Waals surface area contributed by atoms with Gasteiger partial charge in [-0.05, 0) is 24.1 Å². The van der Waals surface area contributed by atoms with Crippen molar-refractivity contribution in [1.29, 1.82) is 0 Å². The summed E-state index contributed by atoms with van der Waals surface area (Å²) in [6.07, 6.45) is 7.63. The van der Waals surface area contributed by atoms with Crippen molar-refractivity contribution in [3.8, 4) is 0 Å². The molecule has 2 N–H and O–H groups in total. The molecule has 114 valence electrons. The second-order valence-corrected chi connectivity index (χ2v) is 5.62. The number of benzene rings is 1. The third-order valence-electron chi connectivity index (χ3n) is 4.05. The Kier molecular flexibility index (Phi) is 7.78. The SMILES string of the molecule is CCCCCCCCC(CO)(CO)c1cccc(F)c1. The average molecular weight is 282 g/mol. The highest BCUT2D eigenvalue weighted by Gasteiger charge is 2.30. The molecule has 2 nitrogen and oxygen atoms in total. The quantitative estimate of drug-likeness (QED) is 0.641. The third kappa shape index (κ3) is 4.88. The lowest BCUT2D eigenvalue weighted by Gasteiger charge is -2.30. The lowest BCUT2D eigenvalue weighted by molar-refractivity contribution is 0.107. The Morgan fingerprint density at radius 1 is 1.00 bits per heavy atom. The van der Waals surface area contributed by atoms with Gasteiger partial charge in [-0.3, -0.25) is 0 Å². The van der Waals surface area contributed by atoms with Crippen LogP contribution in [0.25, 0.3) is 0 Å². The smallest absolute Gasteiger partial charge is 0.123 e. The van der Waals surface area contributed by atoms with Crippen LogP contribution in [0.2, 0.25) is 0 Å². The first-order chi connectivity index (χ1) is 9.68. The van der Waals surface area contributed by atoms with Crippen molar-refractivity contribution < 1.29 is 14.6 Å². The Bertz CT molecular complexity index is 375. The topological polar surface area (TPSA) is 40.5 Å². The molecule has 0 radical (unpaired) electrons. The van der Waals surface area contributed by atoms with E-state index in [9.17, 15) is 14.6 Å².